The molecule has 1 aromatic heterocycles. The van der Waals surface area contributed by atoms with Gasteiger partial charge in [-0.15, -0.1) is 5.10 Å². The van der Waals surface area contributed by atoms with Gasteiger partial charge in [0.25, 0.3) is 0 Å². The number of anilines is 3. The topological polar surface area (TPSA) is 97.3 Å². The molecular weight excluding hydrogens is 342 g/mol. The van der Waals surface area contributed by atoms with Crippen LogP contribution in [0.1, 0.15) is 13.3 Å². The van der Waals surface area contributed by atoms with Gasteiger partial charge in [0, 0.05) is 18.3 Å². The molecule has 2 heterocycles. The van der Waals surface area contributed by atoms with Crippen LogP contribution < -0.4 is 15.0 Å². The first-order valence-electron chi connectivity index (χ1n) is 8.08. The van der Waals surface area contributed by atoms with E-state index in [9.17, 15) is 8.42 Å². The molecule has 1 aliphatic rings. The molecular formula is C16H21N5O3S. The van der Waals surface area contributed by atoms with E-state index in [-0.39, 0.29) is 17.5 Å². The average molecular weight is 363 g/mol. The lowest BCUT2D eigenvalue weighted by Crippen LogP contribution is -2.37. The van der Waals surface area contributed by atoms with Crippen LogP contribution in [0.25, 0.3) is 0 Å². The van der Waals surface area contributed by atoms with Crippen molar-refractivity contribution in [3.63, 3.8) is 0 Å². The number of hydrogen-bond acceptors (Lipinski definition) is 8. The summed E-state index contributed by atoms with van der Waals surface area (Å²) in [5, 5.41) is 11.2. The summed E-state index contributed by atoms with van der Waals surface area (Å²) in [6, 6.07) is 7.34. The number of sulfone groups is 1. The summed E-state index contributed by atoms with van der Waals surface area (Å²) in [7, 11) is -1.35. The van der Waals surface area contributed by atoms with Crippen LogP contribution in [0, 0.1) is 0 Å². The van der Waals surface area contributed by atoms with Crippen LogP contribution in [0.2, 0.25) is 0 Å². The van der Waals surface area contributed by atoms with Gasteiger partial charge >= 0.3 is 0 Å². The number of benzene rings is 1. The van der Waals surface area contributed by atoms with E-state index >= 15 is 0 Å². The third-order valence-corrected chi connectivity index (χ3v) is 5.91. The van der Waals surface area contributed by atoms with Gasteiger partial charge in [-0.3, -0.25) is 0 Å². The van der Waals surface area contributed by atoms with Crippen LogP contribution in [0.15, 0.2) is 30.5 Å². The van der Waals surface area contributed by atoms with Crippen molar-refractivity contribution in [2.45, 2.75) is 19.4 Å². The number of ether oxygens (including phenoxy) is 1. The number of methoxy groups -OCH3 is 1. The van der Waals surface area contributed by atoms with Gasteiger partial charge in [-0.1, -0.05) is 0 Å². The zero-order valence-electron chi connectivity index (χ0n) is 14.2. The molecule has 1 atom stereocenters. The Balaban J connectivity index is 1.77. The molecule has 1 unspecified atom stereocenters. The molecule has 9 heteroatoms. The number of nitrogens with zero attached hydrogens (tertiary/aromatic N) is 4. The third kappa shape index (κ3) is 4.16. The maximum absolute atomic E-state index is 11.7. The third-order valence-electron chi connectivity index (χ3n) is 4.16. The molecule has 0 radical (unpaired) electrons. The molecule has 8 nitrogen and oxygen atoms in total. The molecule has 0 bridgehead atoms. The minimum Gasteiger partial charge on any atom is -0.497 e. The summed E-state index contributed by atoms with van der Waals surface area (Å²) in [6.07, 6.45) is 2.13. The summed E-state index contributed by atoms with van der Waals surface area (Å²) in [6.45, 7) is 2.58. The molecule has 1 saturated heterocycles. The molecule has 0 aliphatic carbocycles. The van der Waals surface area contributed by atoms with Crippen LogP contribution in [-0.2, 0) is 9.84 Å². The van der Waals surface area contributed by atoms with Gasteiger partial charge in [0.1, 0.15) is 5.75 Å². The molecule has 1 fully saturated rings. The van der Waals surface area contributed by atoms with Crippen LogP contribution in [-0.4, -0.2) is 54.8 Å². The second kappa shape index (κ2) is 7.22. The molecule has 1 aliphatic heterocycles. The molecule has 0 saturated carbocycles. The molecule has 1 N–H and O–H groups in total. The number of aromatic nitrogens is 3. The molecule has 0 amide bonds. The second-order valence-electron chi connectivity index (χ2n) is 5.84. The molecule has 134 valence electrons. The highest BCUT2D eigenvalue weighted by Gasteiger charge is 2.33. The van der Waals surface area contributed by atoms with Crippen molar-refractivity contribution in [2.24, 2.45) is 0 Å². The van der Waals surface area contributed by atoms with Crippen molar-refractivity contribution in [3.05, 3.63) is 30.5 Å². The van der Waals surface area contributed by atoms with Crippen molar-refractivity contribution in [2.75, 3.05) is 35.4 Å². The summed E-state index contributed by atoms with van der Waals surface area (Å²) < 4.78 is 28.6. The van der Waals surface area contributed by atoms with Crippen LogP contribution in [0.5, 0.6) is 5.75 Å². The highest BCUT2D eigenvalue weighted by atomic mass is 32.2. The van der Waals surface area contributed by atoms with Crippen molar-refractivity contribution < 1.29 is 13.2 Å². The van der Waals surface area contributed by atoms with Gasteiger partial charge < -0.3 is 15.0 Å². The largest absolute Gasteiger partial charge is 0.497 e. The fourth-order valence-corrected chi connectivity index (χ4v) is 4.61. The SMILES string of the molecule is CCN(c1nncc(Nc2ccc(OC)cc2)n1)C1CCS(=O)(=O)C1. The average Bonchev–Trinajstić information content (AvgIpc) is 2.96. The van der Waals surface area contributed by atoms with Gasteiger partial charge in [-0.05, 0) is 37.6 Å². The maximum Gasteiger partial charge on any atom is 0.247 e. The van der Waals surface area contributed by atoms with Gasteiger partial charge in [-0.25, -0.2) is 8.42 Å². The Morgan fingerprint density at radius 3 is 2.68 bits per heavy atom. The second-order valence-corrected chi connectivity index (χ2v) is 8.07. The Morgan fingerprint density at radius 2 is 2.08 bits per heavy atom. The highest BCUT2D eigenvalue weighted by Crippen LogP contribution is 2.23. The van der Waals surface area contributed by atoms with E-state index in [2.05, 4.69) is 20.5 Å². The van der Waals surface area contributed by atoms with Gasteiger partial charge in [0.05, 0.1) is 24.8 Å². The van der Waals surface area contributed by atoms with Gasteiger partial charge in [0.15, 0.2) is 15.7 Å². The van der Waals surface area contributed by atoms with E-state index < -0.39 is 9.84 Å². The standard InChI is InChI=1S/C16H21N5O3S/c1-3-21(13-8-9-25(22,23)11-13)16-19-15(10-17-20-16)18-12-4-6-14(24-2)7-5-12/h4-7,10,13H,3,8-9,11H2,1-2H3,(H,18,19,20). The molecule has 25 heavy (non-hydrogen) atoms. The predicted octanol–water partition coefficient (Wildman–Crippen LogP) is 1.64. The first-order valence-corrected chi connectivity index (χ1v) is 9.91. The van der Waals surface area contributed by atoms with Crippen LogP contribution in [0.3, 0.4) is 0 Å². The van der Waals surface area contributed by atoms with E-state index in [1.165, 1.54) is 6.20 Å². The van der Waals surface area contributed by atoms with E-state index in [0.717, 1.165) is 11.4 Å². The number of hydrogen-bond donors (Lipinski definition) is 1. The highest BCUT2D eigenvalue weighted by molar-refractivity contribution is 7.91. The zero-order chi connectivity index (χ0) is 17.9. The minimum atomic E-state index is -2.97. The normalized spacial score (nSPS) is 18.7. The van der Waals surface area contributed by atoms with E-state index in [0.29, 0.717) is 24.7 Å². The molecule has 2 aromatic rings. The lowest BCUT2D eigenvalue weighted by molar-refractivity contribution is 0.415. The first kappa shape index (κ1) is 17.4. The summed E-state index contributed by atoms with van der Waals surface area (Å²) >= 11 is 0. The summed E-state index contributed by atoms with van der Waals surface area (Å²) in [5.41, 5.74) is 0.846. The van der Waals surface area contributed by atoms with E-state index in [4.69, 9.17) is 4.74 Å². The smallest absolute Gasteiger partial charge is 0.247 e. The Labute approximate surface area is 147 Å². The molecule has 0 spiro atoms. The molecule has 1 aromatic carbocycles. The van der Waals surface area contributed by atoms with Crippen molar-refractivity contribution in [1.29, 1.82) is 0 Å². The van der Waals surface area contributed by atoms with Crippen molar-refractivity contribution >= 4 is 27.3 Å². The predicted molar refractivity (Wildman–Crippen MR) is 96.2 cm³/mol. The van der Waals surface area contributed by atoms with Crippen molar-refractivity contribution in [1.82, 2.24) is 15.2 Å². The Kier molecular flexibility index (Phi) is 5.03. The maximum atomic E-state index is 11.7. The Morgan fingerprint density at radius 1 is 1.32 bits per heavy atom. The van der Waals surface area contributed by atoms with E-state index in [1.807, 2.05) is 36.1 Å². The number of rotatable bonds is 6. The molecule has 3 rings (SSSR count). The quantitative estimate of drug-likeness (QED) is 0.827. The number of nitrogens with one attached hydrogen (secondary N) is 1. The first-order chi connectivity index (χ1) is 12.0. The van der Waals surface area contributed by atoms with Gasteiger partial charge in [-0.2, -0.15) is 10.1 Å². The Bertz CT molecular complexity index is 826. The van der Waals surface area contributed by atoms with Crippen LogP contribution >= 0.6 is 0 Å². The van der Waals surface area contributed by atoms with E-state index in [1.54, 1.807) is 7.11 Å². The summed E-state index contributed by atoms with van der Waals surface area (Å²) in [4.78, 5) is 6.39. The monoisotopic (exact) mass is 363 g/mol. The zero-order valence-corrected chi connectivity index (χ0v) is 15.0. The lowest BCUT2D eigenvalue weighted by atomic mass is 10.2. The minimum absolute atomic E-state index is 0.104. The summed E-state index contributed by atoms with van der Waals surface area (Å²) in [5.74, 6) is 2.11. The Hall–Kier alpha value is -2.42. The van der Waals surface area contributed by atoms with Crippen molar-refractivity contribution in [3.8, 4) is 5.75 Å². The van der Waals surface area contributed by atoms with Gasteiger partial charge in [0.2, 0.25) is 5.95 Å². The van der Waals surface area contributed by atoms with Crippen LogP contribution in [0.4, 0.5) is 17.5 Å². The lowest BCUT2D eigenvalue weighted by Gasteiger charge is -2.26. The fourth-order valence-electron chi connectivity index (χ4n) is 2.88. The fraction of sp³-hybridized carbons (Fsp3) is 0.438.